The maximum Gasteiger partial charge on any atom is 0.334 e. The van der Waals surface area contributed by atoms with E-state index in [1.165, 1.54) is 0 Å². The number of rotatable bonds is 10. The fourth-order valence-electron chi connectivity index (χ4n) is 2.50. The number of unbranched alkanes of at least 4 members (excludes halogenated alkanes) is 2. The Balaban J connectivity index is 2.36. The Kier molecular flexibility index (Phi) is 8.13. The van der Waals surface area contributed by atoms with Gasteiger partial charge in [-0.15, -0.1) is 0 Å². The van der Waals surface area contributed by atoms with Crippen molar-refractivity contribution in [2.75, 3.05) is 13.2 Å². The minimum absolute atomic E-state index is 0.492. The van der Waals surface area contributed by atoms with Crippen molar-refractivity contribution in [2.45, 2.75) is 52.1 Å². The normalized spacial score (nSPS) is 11.9. The fourth-order valence-corrected chi connectivity index (χ4v) is 4.99. The predicted molar refractivity (Wildman–Crippen MR) is 83.5 cm³/mol. The summed E-state index contributed by atoms with van der Waals surface area (Å²) >= 11 is 0. The number of hydrogen-bond acceptors (Lipinski definition) is 2. The molecule has 0 bridgehead atoms. The third kappa shape index (κ3) is 6.10. The number of halogens is 3. The van der Waals surface area contributed by atoms with E-state index < -0.39 is 26.0 Å². The van der Waals surface area contributed by atoms with Crippen LogP contribution in [0.1, 0.15) is 38.7 Å². The Hall–Kier alpha value is -0.853. The molecule has 1 aromatic rings. The van der Waals surface area contributed by atoms with Gasteiger partial charge in [-0.2, -0.15) is 0 Å². The summed E-state index contributed by atoms with van der Waals surface area (Å²) in [4.78, 5) is 0. The molecule has 1 rings (SSSR count). The molecule has 0 unspecified atom stereocenters. The zero-order chi connectivity index (χ0) is 16.6. The highest BCUT2D eigenvalue weighted by molar-refractivity contribution is 6.66. The van der Waals surface area contributed by atoms with Gasteiger partial charge >= 0.3 is 8.56 Å². The van der Waals surface area contributed by atoms with E-state index in [0.29, 0.717) is 25.2 Å². The molecule has 2 nitrogen and oxygen atoms in total. The van der Waals surface area contributed by atoms with E-state index in [0.717, 1.165) is 37.4 Å². The van der Waals surface area contributed by atoms with Gasteiger partial charge in [0.2, 0.25) is 0 Å². The topological polar surface area (TPSA) is 18.5 Å². The summed E-state index contributed by atoms with van der Waals surface area (Å²) in [5, 5.41) is 0. The highest BCUT2D eigenvalue weighted by Crippen LogP contribution is 2.20. The molecular formula is C16H25F3O2Si. The van der Waals surface area contributed by atoms with Gasteiger partial charge in [0.1, 0.15) is 0 Å². The Labute approximate surface area is 131 Å². The van der Waals surface area contributed by atoms with Gasteiger partial charge in [0.05, 0.1) is 0 Å². The van der Waals surface area contributed by atoms with Crippen molar-refractivity contribution >= 4 is 8.56 Å². The van der Waals surface area contributed by atoms with E-state index in [-0.39, 0.29) is 0 Å². The standard InChI is InChI=1S/C16H25F3O2Si/c1-4-20-22(3,21-5-2)10-8-6-7-9-13-11-14(17)16(19)15(18)12-13/h11-12H,4-10H2,1-3H3. The number of aryl methyl sites for hydroxylation is 1. The lowest BCUT2D eigenvalue weighted by Gasteiger charge is -2.25. The molecule has 0 aliphatic heterocycles. The first-order valence-corrected chi connectivity index (χ1v) is 10.4. The second-order valence-corrected chi connectivity index (χ2v) is 8.78. The van der Waals surface area contributed by atoms with Crippen LogP contribution in [0.3, 0.4) is 0 Å². The Morgan fingerprint density at radius 3 is 1.95 bits per heavy atom. The summed E-state index contributed by atoms with van der Waals surface area (Å²) in [6.07, 6.45) is 3.21. The van der Waals surface area contributed by atoms with Crippen molar-refractivity contribution < 1.29 is 22.0 Å². The SMILES string of the molecule is CCO[Si](C)(CCCCCc1cc(F)c(F)c(F)c1)OCC. The van der Waals surface area contributed by atoms with Crippen molar-refractivity contribution in [3.8, 4) is 0 Å². The van der Waals surface area contributed by atoms with E-state index in [9.17, 15) is 13.2 Å². The third-order valence-electron chi connectivity index (χ3n) is 3.54. The average molecular weight is 334 g/mol. The van der Waals surface area contributed by atoms with Crippen molar-refractivity contribution in [3.63, 3.8) is 0 Å². The van der Waals surface area contributed by atoms with Gasteiger partial charge in [0.15, 0.2) is 17.5 Å². The summed E-state index contributed by atoms with van der Waals surface area (Å²) in [6, 6.07) is 3.04. The first kappa shape index (κ1) is 19.2. The average Bonchev–Trinajstić information content (AvgIpc) is 2.44. The molecule has 0 aromatic heterocycles. The van der Waals surface area contributed by atoms with Gasteiger partial charge in [-0.25, -0.2) is 13.2 Å². The molecule has 0 aliphatic rings. The van der Waals surface area contributed by atoms with Crippen LogP contribution in [0.25, 0.3) is 0 Å². The van der Waals surface area contributed by atoms with Crippen molar-refractivity contribution in [3.05, 3.63) is 35.1 Å². The largest absolute Gasteiger partial charge is 0.395 e. The van der Waals surface area contributed by atoms with Crippen LogP contribution in [0.15, 0.2) is 12.1 Å². The molecule has 0 amide bonds. The molecule has 0 saturated carbocycles. The Morgan fingerprint density at radius 2 is 1.45 bits per heavy atom. The molecule has 22 heavy (non-hydrogen) atoms. The first-order chi connectivity index (χ1) is 10.4. The smallest absolute Gasteiger partial charge is 0.334 e. The fraction of sp³-hybridized carbons (Fsp3) is 0.625. The van der Waals surface area contributed by atoms with Gasteiger partial charge in [0.25, 0.3) is 0 Å². The third-order valence-corrected chi connectivity index (χ3v) is 6.60. The van der Waals surface area contributed by atoms with Gasteiger partial charge in [-0.05, 0) is 57.0 Å². The quantitative estimate of drug-likeness (QED) is 0.342. The summed E-state index contributed by atoms with van der Waals surface area (Å²) in [6.45, 7) is 7.28. The van der Waals surface area contributed by atoms with Crippen LogP contribution < -0.4 is 0 Å². The lowest BCUT2D eigenvalue weighted by molar-refractivity contribution is 0.188. The second-order valence-electron chi connectivity index (χ2n) is 5.43. The van der Waals surface area contributed by atoms with E-state index in [1.54, 1.807) is 0 Å². The summed E-state index contributed by atoms with van der Waals surface area (Å²) in [7, 11) is -2.07. The lowest BCUT2D eigenvalue weighted by Crippen LogP contribution is -2.38. The number of hydrogen-bond donors (Lipinski definition) is 0. The molecule has 1 aromatic carbocycles. The second kappa shape index (κ2) is 9.32. The van der Waals surface area contributed by atoms with Crippen molar-refractivity contribution in [1.29, 1.82) is 0 Å². The lowest BCUT2D eigenvalue weighted by atomic mass is 10.1. The van der Waals surface area contributed by atoms with Crippen LogP contribution >= 0.6 is 0 Å². The Bertz CT molecular complexity index is 440. The van der Waals surface area contributed by atoms with E-state index in [1.807, 2.05) is 13.8 Å². The molecule has 0 saturated heterocycles. The molecule has 0 heterocycles. The van der Waals surface area contributed by atoms with Gasteiger partial charge in [-0.3, -0.25) is 0 Å². The molecule has 0 atom stereocenters. The van der Waals surface area contributed by atoms with Crippen LogP contribution in [-0.4, -0.2) is 21.8 Å². The molecule has 0 spiro atoms. The summed E-state index contributed by atoms with van der Waals surface area (Å²) in [5.41, 5.74) is 0.492. The van der Waals surface area contributed by atoms with Crippen LogP contribution in [0.5, 0.6) is 0 Å². The first-order valence-electron chi connectivity index (χ1n) is 7.83. The van der Waals surface area contributed by atoms with Gasteiger partial charge in [-0.1, -0.05) is 12.8 Å². The monoisotopic (exact) mass is 334 g/mol. The number of benzene rings is 1. The molecule has 0 aliphatic carbocycles. The van der Waals surface area contributed by atoms with Crippen LogP contribution in [0.4, 0.5) is 13.2 Å². The zero-order valence-corrected chi connectivity index (χ0v) is 14.6. The minimum Gasteiger partial charge on any atom is -0.395 e. The van der Waals surface area contributed by atoms with E-state index >= 15 is 0 Å². The van der Waals surface area contributed by atoms with Gasteiger partial charge < -0.3 is 8.85 Å². The maximum absolute atomic E-state index is 13.1. The Morgan fingerprint density at radius 1 is 0.909 bits per heavy atom. The van der Waals surface area contributed by atoms with Crippen LogP contribution in [-0.2, 0) is 15.3 Å². The molecule has 6 heteroatoms. The zero-order valence-electron chi connectivity index (χ0n) is 13.6. The summed E-state index contributed by atoms with van der Waals surface area (Å²) < 4.78 is 50.6. The molecular weight excluding hydrogens is 309 g/mol. The molecule has 0 N–H and O–H groups in total. The minimum atomic E-state index is -2.07. The van der Waals surface area contributed by atoms with E-state index in [2.05, 4.69) is 6.55 Å². The highest BCUT2D eigenvalue weighted by Gasteiger charge is 2.29. The highest BCUT2D eigenvalue weighted by atomic mass is 28.4. The maximum atomic E-state index is 13.1. The van der Waals surface area contributed by atoms with E-state index in [4.69, 9.17) is 8.85 Å². The van der Waals surface area contributed by atoms with Crippen molar-refractivity contribution in [2.24, 2.45) is 0 Å². The van der Waals surface area contributed by atoms with Crippen LogP contribution in [0, 0.1) is 17.5 Å². The van der Waals surface area contributed by atoms with Gasteiger partial charge in [0, 0.05) is 13.2 Å². The molecule has 126 valence electrons. The molecule has 0 fully saturated rings. The predicted octanol–water partition coefficient (Wildman–Crippen LogP) is 4.96. The molecule has 0 radical (unpaired) electrons. The van der Waals surface area contributed by atoms with Crippen molar-refractivity contribution in [1.82, 2.24) is 0 Å². The summed E-state index contributed by atoms with van der Waals surface area (Å²) in [5.74, 6) is -3.65. The van der Waals surface area contributed by atoms with Crippen LogP contribution in [0.2, 0.25) is 12.6 Å².